The number of benzene rings is 1. The number of furan rings is 1. The molecule has 1 fully saturated rings. The molecule has 0 saturated carbocycles. The molecule has 1 aliphatic rings. The fourth-order valence-corrected chi connectivity index (χ4v) is 3.45. The standard InChI is InChI=1S/C20H19N3O3/c1-22(20(25)18-15-10-13-26-17(15)9-11-21-18)16-8-5-12-23(19(16)24)14-6-3-2-4-7-14/h2-4,6-7,9-11,13,16H,5,8,12H2,1H3. The van der Waals surface area contributed by atoms with E-state index >= 15 is 0 Å². The van der Waals surface area contributed by atoms with Crippen LogP contribution >= 0.6 is 0 Å². The van der Waals surface area contributed by atoms with Gasteiger partial charge in [-0.05, 0) is 37.1 Å². The average Bonchev–Trinajstić information content (AvgIpc) is 3.16. The molecule has 26 heavy (non-hydrogen) atoms. The predicted molar refractivity (Wildman–Crippen MR) is 97.9 cm³/mol. The number of pyridine rings is 1. The molecule has 0 spiro atoms. The molecule has 1 unspecified atom stereocenters. The monoisotopic (exact) mass is 349 g/mol. The second-order valence-electron chi connectivity index (χ2n) is 6.39. The van der Waals surface area contributed by atoms with Gasteiger partial charge >= 0.3 is 0 Å². The summed E-state index contributed by atoms with van der Waals surface area (Å²) >= 11 is 0. The second kappa shape index (κ2) is 6.63. The summed E-state index contributed by atoms with van der Waals surface area (Å²) in [6.07, 6.45) is 4.57. The number of carbonyl (C=O) groups excluding carboxylic acids is 2. The minimum absolute atomic E-state index is 0.0577. The molecular weight excluding hydrogens is 330 g/mol. The molecule has 0 N–H and O–H groups in total. The van der Waals surface area contributed by atoms with E-state index < -0.39 is 6.04 Å². The summed E-state index contributed by atoms with van der Waals surface area (Å²) < 4.78 is 5.34. The Labute approximate surface area is 151 Å². The maximum Gasteiger partial charge on any atom is 0.273 e. The Morgan fingerprint density at radius 3 is 2.85 bits per heavy atom. The number of aromatic nitrogens is 1. The summed E-state index contributed by atoms with van der Waals surface area (Å²) in [7, 11) is 1.67. The van der Waals surface area contributed by atoms with Crippen molar-refractivity contribution in [3.8, 4) is 0 Å². The summed E-state index contributed by atoms with van der Waals surface area (Å²) in [5.41, 5.74) is 1.78. The number of rotatable bonds is 3. The molecule has 132 valence electrons. The van der Waals surface area contributed by atoms with Crippen LogP contribution in [0.4, 0.5) is 5.69 Å². The molecule has 2 aromatic heterocycles. The third-order valence-corrected chi connectivity index (χ3v) is 4.85. The number of carbonyl (C=O) groups is 2. The Morgan fingerprint density at radius 1 is 1.23 bits per heavy atom. The Balaban J connectivity index is 1.61. The van der Waals surface area contributed by atoms with Gasteiger partial charge in [0.25, 0.3) is 5.91 Å². The lowest BCUT2D eigenvalue weighted by Crippen LogP contribution is -2.53. The van der Waals surface area contributed by atoms with E-state index in [2.05, 4.69) is 4.98 Å². The molecule has 2 amide bonds. The maximum absolute atomic E-state index is 13.0. The minimum atomic E-state index is -0.500. The van der Waals surface area contributed by atoms with E-state index in [4.69, 9.17) is 4.42 Å². The minimum Gasteiger partial charge on any atom is -0.464 e. The van der Waals surface area contributed by atoms with E-state index in [0.29, 0.717) is 29.6 Å². The van der Waals surface area contributed by atoms with Crippen LogP contribution in [0.15, 0.2) is 59.3 Å². The van der Waals surface area contributed by atoms with E-state index in [1.807, 2.05) is 30.3 Å². The Morgan fingerprint density at radius 2 is 2.04 bits per heavy atom. The molecule has 0 radical (unpaired) electrons. The van der Waals surface area contributed by atoms with Crippen LogP contribution in [0.3, 0.4) is 0 Å². The van der Waals surface area contributed by atoms with Crippen LogP contribution in [0.25, 0.3) is 11.0 Å². The van der Waals surface area contributed by atoms with Crippen LogP contribution in [0, 0.1) is 0 Å². The number of piperidine rings is 1. The number of likely N-dealkylation sites (N-methyl/N-ethyl adjacent to an activating group) is 1. The number of para-hydroxylation sites is 1. The van der Waals surface area contributed by atoms with Crippen molar-refractivity contribution in [3.05, 3.63) is 60.6 Å². The molecule has 1 aromatic carbocycles. The number of nitrogens with zero attached hydrogens (tertiary/aromatic N) is 3. The van der Waals surface area contributed by atoms with Crippen molar-refractivity contribution in [2.24, 2.45) is 0 Å². The van der Waals surface area contributed by atoms with E-state index in [1.54, 1.807) is 30.3 Å². The topological polar surface area (TPSA) is 66.7 Å². The van der Waals surface area contributed by atoms with Gasteiger partial charge in [-0.2, -0.15) is 0 Å². The first-order valence-corrected chi connectivity index (χ1v) is 8.62. The highest BCUT2D eigenvalue weighted by Crippen LogP contribution is 2.25. The van der Waals surface area contributed by atoms with Crippen LogP contribution in [0.5, 0.6) is 0 Å². The third kappa shape index (κ3) is 2.73. The number of amides is 2. The Kier molecular flexibility index (Phi) is 4.16. The van der Waals surface area contributed by atoms with Crippen LogP contribution in [-0.2, 0) is 4.79 Å². The summed E-state index contributed by atoms with van der Waals surface area (Å²) in [6.45, 7) is 0.664. The van der Waals surface area contributed by atoms with E-state index in [9.17, 15) is 9.59 Å². The quantitative estimate of drug-likeness (QED) is 0.729. The highest BCUT2D eigenvalue weighted by Gasteiger charge is 2.35. The molecule has 6 nitrogen and oxygen atoms in total. The summed E-state index contributed by atoms with van der Waals surface area (Å²) in [5.74, 6) is -0.331. The first-order chi connectivity index (χ1) is 12.7. The molecule has 1 saturated heterocycles. The van der Waals surface area contributed by atoms with Crippen LogP contribution in [0.1, 0.15) is 23.3 Å². The van der Waals surface area contributed by atoms with Gasteiger partial charge in [-0.25, -0.2) is 0 Å². The van der Waals surface area contributed by atoms with Gasteiger partial charge in [0, 0.05) is 25.5 Å². The zero-order valence-electron chi connectivity index (χ0n) is 14.5. The Hall–Kier alpha value is -3.15. The molecule has 4 rings (SSSR count). The van der Waals surface area contributed by atoms with Gasteiger partial charge in [-0.3, -0.25) is 14.6 Å². The number of anilines is 1. The van der Waals surface area contributed by atoms with Gasteiger partial charge in [0.15, 0.2) is 0 Å². The summed E-state index contributed by atoms with van der Waals surface area (Å²) in [6, 6.07) is 12.5. The number of hydrogen-bond acceptors (Lipinski definition) is 4. The van der Waals surface area contributed by atoms with Crippen LogP contribution in [-0.4, -0.2) is 41.3 Å². The van der Waals surface area contributed by atoms with Crippen LogP contribution in [0.2, 0.25) is 0 Å². The molecule has 1 atom stereocenters. The van der Waals surface area contributed by atoms with Gasteiger partial charge in [0.2, 0.25) is 5.91 Å². The number of hydrogen-bond donors (Lipinski definition) is 0. The zero-order valence-corrected chi connectivity index (χ0v) is 14.5. The molecule has 3 heterocycles. The van der Waals surface area contributed by atoms with Gasteiger partial charge in [-0.15, -0.1) is 0 Å². The largest absolute Gasteiger partial charge is 0.464 e. The zero-order chi connectivity index (χ0) is 18.1. The van der Waals surface area contributed by atoms with Crippen LogP contribution < -0.4 is 4.90 Å². The summed E-state index contributed by atoms with van der Waals surface area (Å²) in [5, 5.41) is 0.660. The summed E-state index contributed by atoms with van der Waals surface area (Å²) in [4.78, 5) is 33.5. The highest BCUT2D eigenvalue weighted by atomic mass is 16.3. The fourth-order valence-electron chi connectivity index (χ4n) is 3.45. The lowest BCUT2D eigenvalue weighted by Gasteiger charge is -2.36. The van der Waals surface area contributed by atoms with E-state index in [0.717, 1.165) is 12.1 Å². The molecule has 0 aliphatic carbocycles. The molecule has 6 heteroatoms. The Bertz CT molecular complexity index is 951. The fraction of sp³-hybridized carbons (Fsp3) is 0.250. The predicted octanol–water partition coefficient (Wildman–Crippen LogP) is 3.10. The van der Waals surface area contributed by atoms with Gasteiger partial charge in [0.05, 0.1) is 11.6 Å². The third-order valence-electron chi connectivity index (χ3n) is 4.85. The SMILES string of the molecule is CN(C(=O)c1nccc2occc12)C1CCCN(c2ccccc2)C1=O. The van der Waals surface area contributed by atoms with Gasteiger partial charge < -0.3 is 14.2 Å². The van der Waals surface area contributed by atoms with Crippen molar-refractivity contribution in [2.75, 3.05) is 18.5 Å². The number of fused-ring (bicyclic) bond motifs is 1. The molecule has 0 bridgehead atoms. The van der Waals surface area contributed by atoms with Crippen molar-refractivity contribution in [1.82, 2.24) is 9.88 Å². The molecule has 1 aliphatic heterocycles. The van der Waals surface area contributed by atoms with E-state index in [-0.39, 0.29) is 11.8 Å². The molecular formula is C20H19N3O3. The maximum atomic E-state index is 13.0. The normalized spacial score (nSPS) is 17.5. The highest BCUT2D eigenvalue weighted by molar-refractivity contribution is 6.07. The first kappa shape index (κ1) is 16.3. The first-order valence-electron chi connectivity index (χ1n) is 8.62. The second-order valence-corrected chi connectivity index (χ2v) is 6.39. The average molecular weight is 349 g/mol. The van der Waals surface area contributed by atoms with Crippen molar-refractivity contribution < 1.29 is 14.0 Å². The lowest BCUT2D eigenvalue weighted by molar-refractivity contribution is -0.124. The smallest absolute Gasteiger partial charge is 0.273 e. The van der Waals surface area contributed by atoms with Crippen molar-refractivity contribution in [1.29, 1.82) is 0 Å². The van der Waals surface area contributed by atoms with Gasteiger partial charge in [-0.1, -0.05) is 18.2 Å². The molecule has 3 aromatic rings. The van der Waals surface area contributed by atoms with Gasteiger partial charge in [0.1, 0.15) is 17.3 Å². The lowest BCUT2D eigenvalue weighted by atomic mass is 10.0. The van der Waals surface area contributed by atoms with Crippen molar-refractivity contribution >= 4 is 28.5 Å². The van der Waals surface area contributed by atoms with Crippen molar-refractivity contribution in [3.63, 3.8) is 0 Å². The van der Waals surface area contributed by atoms with E-state index in [1.165, 1.54) is 11.2 Å². The van der Waals surface area contributed by atoms with Crippen molar-refractivity contribution in [2.45, 2.75) is 18.9 Å².